The number of carbonyl (C=O) groups excluding carboxylic acids is 1. The Morgan fingerprint density at radius 2 is 1.88 bits per heavy atom. The van der Waals surface area contributed by atoms with Crippen LogP contribution in [0, 0.1) is 0 Å². The van der Waals surface area contributed by atoms with Gasteiger partial charge in [-0.2, -0.15) is 0 Å². The number of nitrogens with one attached hydrogen (secondary N) is 1. The molecular formula is C21H18N2O3. The van der Waals surface area contributed by atoms with Crippen molar-refractivity contribution in [2.24, 2.45) is 0 Å². The van der Waals surface area contributed by atoms with Crippen LogP contribution in [0.4, 0.5) is 0 Å². The number of esters is 1. The number of nitrogens with zero attached hydrogens (tertiary/aromatic N) is 1. The number of rotatable bonds is 4. The second-order valence-electron chi connectivity index (χ2n) is 5.89. The third-order valence-corrected chi connectivity index (χ3v) is 4.39. The van der Waals surface area contributed by atoms with Crippen LogP contribution in [0.25, 0.3) is 32.9 Å². The molecule has 5 nitrogen and oxygen atoms in total. The molecule has 4 aromatic rings. The average Bonchev–Trinajstić information content (AvgIpc) is 3.07. The maximum atomic E-state index is 12.1. The zero-order valence-electron chi connectivity index (χ0n) is 14.6. The molecule has 0 aliphatic heterocycles. The smallest absolute Gasteiger partial charge is 0.358 e. The molecule has 2 aromatic carbocycles. The molecule has 130 valence electrons. The highest BCUT2D eigenvalue weighted by Crippen LogP contribution is 2.36. The fourth-order valence-electron chi connectivity index (χ4n) is 3.23. The zero-order valence-corrected chi connectivity index (χ0v) is 14.6. The fraction of sp³-hybridized carbons (Fsp3) is 0.143. The van der Waals surface area contributed by atoms with Crippen LogP contribution in [0.3, 0.4) is 0 Å². The van der Waals surface area contributed by atoms with Gasteiger partial charge in [0.15, 0.2) is 5.69 Å². The van der Waals surface area contributed by atoms with Gasteiger partial charge in [0.2, 0.25) is 0 Å². The Morgan fingerprint density at radius 1 is 1.12 bits per heavy atom. The van der Waals surface area contributed by atoms with Gasteiger partial charge in [-0.3, -0.25) is 0 Å². The highest BCUT2D eigenvalue weighted by atomic mass is 16.5. The van der Waals surface area contributed by atoms with E-state index < -0.39 is 5.97 Å². The van der Waals surface area contributed by atoms with Crippen molar-refractivity contribution in [2.75, 3.05) is 13.7 Å². The molecule has 2 aromatic heterocycles. The van der Waals surface area contributed by atoms with Crippen LogP contribution >= 0.6 is 0 Å². The van der Waals surface area contributed by atoms with Crippen molar-refractivity contribution >= 4 is 27.8 Å². The zero-order chi connectivity index (χ0) is 18.1. The molecule has 4 rings (SSSR count). The summed E-state index contributed by atoms with van der Waals surface area (Å²) in [5.74, 6) is 0.366. The van der Waals surface area contributed by atoms with Gasteiger partial charge in [-0.1, -0.05) is 30.3 Å². The minimum Gasteiger partial charge on any atom is -0.494 e. The number of hydrogen-bond acceptors (Lipinski definition) is 4. The van der Waals surface area contributed by atoms with Crippen LogP contribution in [-0.2, 0) is 4.74 Å². The lowest BCUT2D eigenvalue weighted by Gasteiger charge is -2.08. The van der Waals surface area contributed by atoms with E-state index in [1.165, 1.54) is 7.11 Å². The van der Waals surface area contributed by atoms with Gasteiger partial charge in [0.05, 0.1) is 19.2 Å². The van der Waals surface area contributed by atoms with Crippen LogP contribution in [0.1, 0.15) is 17.4 Å². The van der Waals surface area contributed by atoms with E-state index in [9.17, 15) is 4.79 Å². The maximum absolute atomic E-state index is 12.1. The van der Waals surface area contributed by atoms with Gasteiger partial charge >= 0.3 is 5.97 Å². The summed E-state index contributed by atoms with van der Waals surface area (Å²) in [5.41, 5.74) is 3.88. The molecule has 1 N–H and O–H groups in total. The Labute approximate surface area is 150 Å². The van der Waals surface area contributed by atoms with Gasteiger partial charge in [0.1, 0.15) is 5.75 Å². The number of benzene rings is 2. The normalized spacial score (nSPS) is 11.0. The van der Waals surface area contributed by atoms with Crippen LogP contribution < -0.4 is 4.74 Å². The summed E-state index contributed by atoms with van der Waals surface area (Å²) in [4.78, 5) is 19.8. The van der Waals surface area contributed by atoms with E-state index in [4.69, 9.17) is 9.47 Å². The number of fused-ring (bicyclic) bond motifs is 3. The van der Waals surface area contributed by atoms with Crippen LogP contribution in [0.2, 0.25) is 0 Å². The highest BCUT2D eigenvalue weighted by Gasteiger charge is 2.19. The highest BCUT2D eigenvalue weighted by molar-refractivity contribution is 6.18. The number of ether oxygens (including phenoxy) is 2. The Morgan fingerprint density at radius 3 is 2.62 bits per heavy atom. The first-order valence-corrected chi connectivity index (χ1v) is 8.44. The molecule has 2 heterocycles. The summed E-state index contributed by atoms with van der Waals surface area (Å²) in [5, 5.41) is 2.00. The molecule has 0 spiro atoms. The van der Waals surface area contributed by atoms with E-state index in [2.05, 4.69) is 9.97 Å². The lowest BCUT2D eigenvalue weighted by atomic mass is 10.0. The quantitative estimate of drug-likeness (QED) is 0.550. The number of aromatic amines is 1. The van der Waals surface area contributed by atoms with Gasteiger partial charge in [-0.05, 0) is 30.7 Å². The van der Waals surface area contributed by atoms with E-state index in [0.717, 1.165) is 33.2 Å². The predicted octanol–water partition coefficient (Wildman–Crippen LogP) is 4.57. The molecule has 0 saturated carbocycles. The summed E-state index contributed by atoms with van der Waals surface area (Å²) in [6.45, 7) is 2.58. The summed E-state index contributed by atoms with van der Waals surface area (Å²) in [7, 11) is 1.36. The molecule has 0 bridgehead atoms. The van der Waals surface area contributed by atoms with Crippen molar-refractivity contribution < 1.29 is 14.3 Å². The van der Waals surface area contributed by atoms with Gasteiger partial charge < -0.3 is 14.5 Å². The van der Waals surface area contributed by atoms with E-state index in [1.54, 1.807) is 6.20 Å². The predicted molar refractivity (Wildman–Crippen MR) is 102 cm³/mol. The van der Waals surface area contributed by atoms with Crippen molar-refractivity contribution in [3.05, 3.63) is 60.4 Å². The third-order valence-electron chi connectivity index (χ3n) is 4.39. The summed E-state index contributed by atoms with van der Waals surface area (Å²) in [6, 6.07) is 15.8. The first-order chi connectivity index (χ1) is 12.7. The van der Waals surface area contributed by atoms with E-state index >= 15 is 0 Å². The first kappa shape index (κ1) is 16.1. The molecule has 0 atom stereocenters. The molecule has 0 saturated heterocycles. The average molecular weight is 346 g/mol. The van der Waals surface area contributed by atoms with Crippen molar-refractivity contribution in [2.45, 2.75) is 6.92 Å². The minimum atomic E-state index is -0.459. The van der Waals surface area contributed by atoms with Gasteiger partial charge in [0.25, 0.3) is 0 Å². The lowest BCUT2D eigenvalue weighted by molar-refractivity contribution is 0.0596. The second-order valence-corrected chi connectivity index (χ2v) is 5.89. The van der Waals surface area contributed by atoms with Crippen LogP contribution in [0.15, 0.2) is 54.7 Å². The van der Waals surface area contributed by atoms with E-state index in [0.29, 0.717) is 12.1 Å². The summed E-state index contributed by atoms with van der Waals surface area (Å²) in [6.07, 6.45) is 1.73. The molecule has 0 amide bonds. The Bertz CT molecular complexity index is 1100. The number of para-hydroxylation sites is 1. The van der Waals surface area contributed by atoms with Gasteiger partial charge in [0, 0.05) is 28.0 Å². The standard InChI is InChI=1S/C21H18N2O3/c1-3-26-14-10-8-13(9-11-14)16-12-22-20(21(24)25-2)19-18(16)15-6-4-5-7-17(15)23-19/h4-12,23H,3H2,1-2H3. The van der Waals surface area contributed by atoms with Crippen molar-refractivity contribution in [1.29, 1.82) is 0 Å². The Hall–Kier alpha value is -3.34. The maximum Gasteiger partial charge on any atom is 0.358 e. The number of methoxy groups -OCH3 is 1. The van der Waals surface area contributed by atoms with Crippen molar-refractivity contribution in [1.82, 2.24) is 9.97 Å². The van der Waals surface area contributed by atoms with Crippen LogP contribution in [0.5, 0.6) is 5.75 Å². The largest absolute Gasteiger partial charge is 0.494 e. The number of H-pyrrole nitrogens is 1. The molecule has 5 heteroatoms. The topological polar surface area (TPSA) is 64.2 Å². The third kappa shape index (κ3) is 2.58. The molecule has 26 heavy (non-hydrogen) atoms. The SMILES string of the molecule is CCOc1ccc(-c2cnc(C(=O)OC)c3[nH]c4ccccc4c23)cc1. The van der Waals surface area contributed by atoms with Crippen LogP contribution in [-0.4, -0.2) is 29.7 Å². The molecule has 0 aliphatic carbocycles. The molecular weight excluding hydrogens is 328 g/mol. The van der Waals surface area contributed by atoms with E-state index in [1.807, 2.05) is 55.5 Å². The van der Waals surface area contributed by atoms with Crippen molar-refractivity contribution in [3.63, 3.8) is 0 Å². The molecule has 0 radical (unpaired) electrons. The monoisotopic (exact) mass is 346 g/mol. The first-order valence-electron chi connectivity index (χ1n) is 8.44. The second kappa shape index (κ2) is 6.52. The number of pyridine rings is 1. The molecule has 0 aliphatic rings. The fourth-order valence-corrected chi connectivity index (χ4v) is 3.23. The number of carbonyl (C=O) groups is 1. The minimum absolute atomic E-state index is 0.286. The van der Waals surface area contributed by atoms with Gasteiger partial charge in [-0.25, -0.2) is 9.78 Å². The van der Waals surface area contributed by atoms with E-state index in [-0.39, 0.29) is 5.69 Å². The number of aromatic nitrogens is 2. The molecule has 0 unspecified atom stereocenters. The lowest BCUT2D eigenvalue weighted by Crippen LogP contribution is -2.05. The Balaban J connectivity index is 1.99. The van der Waals surface area contributed by atoms with Crippen molar-refractivity contribution in [3.8, 4) is 16.9 Å². The summed E-state index contributed by atoms with van der Waals surface area (Å²) < 4.78 is 10.4. The Kier molecular flexibility index (Phi) is 4.05. The number of hydrogen-bond donors (Lipinski definition) is 1. The summed E-state index contributed by atoms with van der Waals surface area (Å²) >= 11 is 0. The molecule has 0 fully saturated rings. The van der Waals surface area contributed by atoms with Gasteiger partial charge in [-0.15, -0.1) is 0 Å².